The Bertz CT molecular complexity index is 3050. The maximum absolute atomic E-state index is 7.10. The minimum absolute atomic E-state index is 0.847. The van der Waals surface area contributed by atoms with Gasteiger partial charge in [-0.25, -0.2) is 0 Å². The largest absolute Gasteiger partial charge is 0.456 e. The average molecular weight is 643 g/mol. The van der Waals surface area contributed by atoms with Gasteiger partial charge in [-0.3, -0.25) is 0 Å². The first-order chi connectivity index (χ1) is 24.3. The quantitative estimate of drug-likeness (QED) is 0.179. The lowest BCUT2D eigenvalue weighted by molar-refractivity contribution is 0.633. The number of furan rings is 2. The van der Waals surface area contributed by atoms with Gasteiger partial charge in [0.2, 0.25) is 0 Å². The van der Waals surface area contributed by atoms with Crippen LogP contribution in [0.5, 0.6) is 0 Å². The molecule has 0 aliphatic carbocycles. The van der Waals surface area contributed by atoms with Gasteiger partial charge in [-0.1, -0.05) is 133 Å². The molecule has 0 saturated heterocycles. The SMILES string of the molecule is c1ccc(-c2c(-c3c4ccccc4c(-c4cccc5c4sc4ccccc45)c4ccccc34)oc3cc4c(cc23)oc2ccccc24)cc1. The van der Waals surface area contributed by atoms with Crippen LogP contribution in [0.3, 0.4) is 0 Å². The van der Waals surface area contributed by atoms with Crippen molar-refractivity contribution in [3.8, 4) is 33.6 Å². The van der Waals surface area contributed by atoms with Gasteiger partial charge in [0.1, 0.15) is 22.5 Å². The van der Waals surface area contributed by atoms with Gasteiger partial charge in [0.25, 0.3) is 0 Å². The van der Waals surface area contributed by atoms with Crippen molar-refractivity contribution >= 4 is 86.0 Å². The maximum atomic E-state index is 7.10. The first kappa shape index (κ1) is 26.9. The van der Waals surface area contributed by atoms with Crippen LogP contribution < -0.4 is 0 Å². The number of fused-ring (bicyclic) bond motifs is 9. The highest BCUT2D eigenvalue weighted by atomic mass is 32.1. The van der Waals surface area contributed by atoms with Crippen LogP contribution in [0.4, 0.5) is 0 Å². The van der Waals surface area contributed by atoms with E-state index in [9.17, 15) is 0 Å². The van der Waals surface area contributed by atoms with Gasteiger partial charge < -0.3 is 8.83 Å². The summed E-state index contributed by atoms with van der Waals surface area (Å²) >= 11 is 1.88. The van der Waals surface area contributed by atoms with Gasteiger partial charge >= 0.3 is 0 Å². The number of benzene rings is 8. The molecule has 11 aromatic rings. The van der Waals surface area contributed by atoms with E-state index in [1.807, 2.05) is 23.5 Å². The minimum atomic E-state index is 0.847. The van der Waals surface area contributed by atoms with Crippen LogP contribution in [0.15, 0.2) is 167 Å². The molecular formula is C46H26O2S. The second-order valence-corrected chi connectivity index (χ2v) is 13.8. The van der Waals surface area contributed by atoms with Crippen molar-refractivity contribution in [1.29, 1.82) is 0 Å². The molecular weight excluding hydrogens is 617 g/mol. The van der Waals surface area contributed by atoms with Crippen molar-refractivity contribution in [2.75, 3.05) is 0 Å². The molecule has 49 heavy (non-hydrogen) atoms. The van der Waals surface area contributed by atoms with E-state index in [0.29, 0.717) is 0 Å². The lowest BCUT2D eigenvalue weighted by atomic mass is 9.86. The monoisotopic (exact) mass is 642 g/mol. The van der Waals surface area contributed by atoms with Gasteiger partial charge in [0.05, 0.1) is 0 Å². The number of hydrogen-bond donors (Lipinski definition) is 0. The van der Waals surface area contributed by atoms with Crippen molar-refractivity contribution in [2.24, 2.45) is 0 Å². The lowest BCUT2D eigenvalue weighted by Crippen LogP contribution is -1.91. The summed E-state index contributed by atoms with van der Waals surface area (Å²) in [7, 11) is 0. The van der Waals surface area contributed by atoms with Crippen molar-refractivity contribution in [3.05, 3.63) is 158 Å². The predicted octanol–water partition coefficient (Wildman–Crippen LogP) is 14.0. The summed E-state index contributed by atoms with van der Waals surface area (Å²) in [6, 6.07) is 56.3. The third-order valence-corrected chi connectivity index (χ3v) is 11.3. The molecule has 3 aromatic heterocycles. The van der Waals surface area contributed by atoms with Crippen LogP contribution in [0.2, 0.25) is 0 Å². The van der Waals surface area contributed by atoms with Crippen LogP contribution in [0.25, 0.3) is 108 Å². The number of para-hydroxylation sites is 1. The Morgan fingerprint density at radius 1 is 0.347 bits per heavy atom. The van der Waals surface area contributed by atoms with Gasteiger partial charge in [0, 0.05) is 53.0 Å². The summed E-state index contributed by atoms with van der Waals surface area (Å²) in [5, 5.41) is 10.6. The standard InChI is InChI=1S/C46H26O2S/c1-2-13-27(14-3-1)42-37-26-39-36(28-15-8-10-23-38(28)47-39)25-40(37)48-45(42)44-32-19-6-4-17-30(32)43(31-18-5-7-20-33(31)44)35-22-12-21-34-29-16-9-11-24-41(29)49-46(34)35/h1-26H. The number of thiophene rings is 1. The Labute approximate surface area is 285 Å². The topological polar surface area (TPSA) is 26.3 Å². The van der Waals surface area contributed by atoms with E-state index in [0.717, 1.165) is 55.4 Å². The molecule has 0 aliphatic rings. The molecule has 0 amide bonds. The molecule has 0 atom stereocenters. The Kier molecular flexibility index (Phi) is 5.57. The summed E-state index contributed by atoms with van der Waals surface area (Å²) in [5.74, 6) is 0.872. The highest BCUT2D eigenvalue weighted by Gasteiger charge is 2.25. The van der Waals surface area contributed by atoms with E-state index in [1.54, 1.807) is 0 Å². The van der Waals surface area contributed by atoms with Gasteiger partial charge in [-0.2, -0.15) is 0 Å². The zero-order valence-corrected chi connectivity index (χ0v) is 27.1. The summed E-state index contributed by atoms with van der Waals surface area (Å²) in [4.78, 5) is 0. The van der Waals surface area contributed by atoms with E-state index >= 15 is 0 Å². The third-order valence-electron chi connectivity index (χ3n) is 10.1. The van der Waals surface area contributed by atoms with Gasteiger partial charge in [0.15, 0.2) is 0 Å². The zero-order chi connectivity index (χ0) is 32.1. The molecule has 0 spiro atoms. The van der Waals surface area contributed by atoms with Crippen LogP contribution >= 0.6 is 11.3 Å². The second-order valence-electron chi connectivity index (χ2n) is 12.7. The molecule has 8 aromatic carbocycles. The van der Waals surface area contributed by atoms with E-state index < -0.39 is 0 Å². The summed E-state index contributed by atoms with van der Waals surface area (Å²) in [6.45, 7) is 0. The minimum Gasteiger partial charge on any atom is -0.456 e. The number of rotatable bonds is 3. The van der Waals surface area contributed by atoms with Crippen molar-refractivity contribution in [2.45, 2.75) is 0 Å². The molecule has 2 nitrogen and oxygen atoms in total. The molecule has 0 saturated carbocycles. The summed E-state index contributed by atoms with van der Waals surface area (Å²) < 4.78 is 16.1. The Morgan fingerprint density at radius 3 is 1.67 bits per heavy atom. The van der Waals surface area contributed by atoms with E-state index in [-0.39, 0.29) is 0 Å². The van der Waals surface area contributed by atoms with Crippen molar-refractivity contribution in [3.63, 3.8) is 0 Å². The summed E-state index contributed by atoms with van der Waals surface area (Å²) in [5.41, 5.74) is 8.40. The van der Waals surface area contributed by atoms with Crippen LogP contribution in [0, 0.1) is 0 Å². The van der Waals surface area contributed by atoms with Crippen LogP contribution in [0.1, 0.15) is 0 Å². The van der Waals surface area contributed by atoms with Crippen molar-refractivity contribution < 1.29 is 8.83 Å². The fourth-order valence-corrected chi connectivity index (χ4v) is 9.21. The first-order valence-corrected chi connectivity index (χ1v) is 17.4. The van der Waals surface area contributed by atoms with Crippen LogP contribution in [-0.2, 0) is 0 Å². The highest BCUT2D eigenvalue weighted by molar-refractivity contribution is 7.26. The van der Waals surface area contributed by atoms with Gasteiger partial charge in [-0.05, 0) is 56.9 Å². The molecule has 0 bridgehead atoms. The highest BCUT2D eigenvalue weighted by Crippen LogP contribution is 2.51. The molecule has 0 aliphatic heterocycles. The Morgan fingerprint density at radius 2 is 0.918 bits per heavy atom. The third kappa shape index (κ3) is 3.82. The lowest BCUT2D eigenvalue weighted by Gasteiger charge is -2.17. The van der Waals surface area contributed by atoms with Crippen LogP contribution in [-0.4, -0.2) is 0 Å². The molecule has 0 radical (unpaired) electrons. The molecule has 3 heterocycles. The van der Waals surface area contributed by atoms with E-state index in [4.69, 9.17) is 8.83 Å². The Balaban J connectivity index is 1.28. The number of hydrogen-bond acceptors (Lipinski definition) is 3. The Hall–Kier alpha value is -6.16. The van der Waals surface area contributed by atoms with E-state index in [1.165, 1.54) is 52.8 Å². The first-order valence-electron chi connectivity index (χ1n) is 16.6. The normalized spacial score (nSPS) is 12.1. The fourth-order valence-electron chi connectivity index (χ4n) is 7.99. The average Bonchev–Trinajstić information content (AvgIpc) is 3.84. The molecule has 0 N–H and O–H groups in total. The second kappa shape index (κ2) is 10.2. The molecule has 3 heteroatoms. The molecule has 228 valence electrons. The fraction of sp³-hybridized carbons (Fsp3) is 0. The molecule has 0 fully saturated rings. The van der Waals surface area contributed by atoms with Crippen molar-refractivity contribution in [1.82, 2.24) is 0 Å². The zero-order valence-electron chi connectivity index (χ0n) is 26.2. The molecule has 11 rings (SSSR count). The smallest absolute Gasteiger partial charge is 0.144 e. The predicted molar refractivity (Wildman–Crippen MR) is 208 cm³/mol. The van der Waals surface area contributed by atoms with E-state index in [2.05, 4.69) is 146 Å². The van der Waals surface area contributed by atoms with Gasteiger partial charge in [-0.15, -0.1) is 11.3 Å². The summed E-state index contributed by atoms with van der Waals surface area (Å²) in [6.07, 6.45) is 0. The molecule has 0 unspecified atom stereocenters. The maximum Gasteiger partial charge on any atom is 0.144 e.